The maximum absolute atomic E-state index is 6.19. The molecule has 1 atom stereocenters. The fraction of sp³-hybridized carbons (Fsp3) is 0.143. The summed E-state index contributed by atoms with van der Waals surface area (Å²) < 4.78 is 0.403. The van der Waals surface area contributed by atoms with E-state index in [0.717, 1.165) is 20.1 Å². The lowest BCUT2D eigenvalue weighted by molar-refractivity contribution is 0.833. The molecule has 0 spiro atoms. The Balaban J connectivity index is 2.60. The second-order valence-corrected chi connectivity index (χ2v) is 8.04. The summed E-state index contributed by atoms with van der Waals surface area (Å²) in [6, 6.07) is 15.5. The molecule has 2 rings (SSSR count). The predicted octanol–water partition coefficient (Wildman–Crippen LogP) is 6.71. The number of hydrogen-bond acceptors (Lipinski definition) is 0. The topological polar surface area (TPSA) is 0 Å². The summed E-state index contributed by atoms with van der Waals surface area (Å²) in [6.07, 6.45) is 0. The average Bonchev–Trinajstić information content (AvgIpc) is 2.35. The first-order valence-corrected chi connectivity index (χ1v) is 8.19. The van der Waals surface area contributed by atoms with Crippen LogP contribution in [-0.2, 0) is 0 Å². The molecule has 0 N–H and O–H groups in total. The van der Waals surface area contributed by atoms with Crippen LogP contribution < -0.4 is 0 Å². The Labute approximate surface area is 144 Å². The van der Waals surface area contributed by atoms with E-state index in [0.29, 0.717) is 0 Å². The highest BCUT2D eigenvalue weighted by Gasteiger charge is 2.36. The van der Waals surface area contributed by atoms with Gasteiger partial charge in [-0.1, -0.05) is 77.3 Å². The van der Waals surface area contributed by atoms with Gasteiger partial charge >= 0.3 is 0 Å². The molecular formula is C14H9Br2Cl3. The van der Waals surface area contributed by atoms with Crippen molar-refractivity contribution in [3.05, 3.63) is 68.6 Å². The van der Waals surface area contributed by atoms with E-state index in [2.05, 4.69) is 31.9 Å². The summed E-state index contributed by atoms with van der Waals surface area (Å²) in [5.74, 6) is -0.342. The highest BCUT2D eigenvalue weighted by Crippen LogP contribution is 2.48. The van der Waals surface area contributed by atoms with Gasteiger partial charge in [-0.3, -0.25) is 0 Å². The van der Waals surface area contributed by atoms with Gasteiger partial charge in [0.25, 0.3) is 0 Å². The molecule has 0 radical (unpaired) electrons. The van der Waals surface area contributed by atoms with Gasteiger partial charge in [0.2, 0.25) is 3.79 Å². The number of rotatable bonds is 2. The SMILES string of the molecule is ClC(Cl)(Cl)C(c1ccccc1)c1cccc(Br)c1Br. The van der Waals surface area contributed by atoms with E-state index in [1.54, 1.807) is 0 Å². The summed E-state index contributed by atoms with van der Waals surface area (Å²) in [5, 5.41) is 0. The van der Waals surface area contributed by atoms with Crippen molar-refractivity contribution >= 4 is 66.7 Å². The van der Waals surface area contributed by atoms with Gasteiger partial charge in [0.05, 0.1) is 5.92 Å². The zero-order chi connectivity index (χ0) is 14.0. The number of halogens is 5. The molecule has 5 heteroatoms. The van der Waals surface area contributed by atoms with Gasteiger partial charge in [-0.25, -0.2) is 0 Å². The fourth-order valence-electron chi connectivity index (χ4n) is 1.93. The normalized spacial score (nSPS) is 13.3. The molecule has 19 heavy (non-hydrogen) atoms. The lowest BCUT2D eigenvalue weighted by Crippen LogP contribution is -2.19. The highest BCUT2D eigenvalue weighted by atomic mass is 79.9. The lowest BCUT2D eigenvalue weighted by atomic mass is 9.92. The van der Waals surface area contributed by atoms with Crippen LogP contribution in [0, 0.1) is 0 Å². The van der Waals surface area contributed by atoms with Crippen LogP contribution in [0.3, 0.4) is 0 Å². The Kier molecular flexibility index (Phi) is 5.24. The largest absolute Gasteiger partial charge is 0.201 e. The standard InChI is InChI=1S/C14H9Br2Cl3/c15-11-8-4-7-10(13(11)16)12(14(17,18)19)9-5-2-1-3-6-9/h1-8,12H. The molecule has 0 amide bonds. The molecule has 0 heterocycles. The Morgan fingerprint density at radius 3 is 2.05 bits per heavy atom. The van der Waals surface area contributed by atoms with E-state index < -0.39 is 3.79 Å². The van der Waals surface area contributed by atoms with Gasteiger partial charge in [0, 0.05) is 8.95 Å². The predicted molar refractivity (Wildman–Crippen MR) is 90.4 cm³/mol. The third-order valence-corrected chi connectivity index (χ3v) is 5.49. The minimum atomic E-state index is -1.43. The first kappa shape index (κ1) is 15.7. The summed E-state index contributed by atoms with van der Waals surface area (Å²) in [5.41, 5.74) is 1.89. The molecule has 0 fully saturated rings. The summed E-state index contributed by atoms with van der Waals surface area (Å²) in [6.45, 7) is 0. The van der Waals surface area contributed by atoms with Crippen molar-refractivity contribution in [2.45, 2.75) is 9.71 Å². The first-order chi connectivity index (χ1) is 8.91. The molecule has 0 saturated heterocycles. The maximum Gasteiger partial charge on any atom is 0.201 e. The molecule has 0 aliphatic rings. The van der Waals surface area contributed by atoms with E-state index in [1.165, 1.54) is 0 Å². The summed E-state index contributed by atoms with van der Waals surface area (Å²) in [4.78, 5) is 0. The number of benzene rings is 2. The Bertz CT molecular complexity index is 565. The van der Waals surface area contributed by atoms with Crippen molar-refractivity contribution in [2.75, 3.05) is 0 Å². The second-order valence-electron chi connectivity index (χ2n) is 4.03. The molecule has 0 aromatic heterocycles. The monoisotopic (exact) mass is 440 g/mol. The smallest absolute Gasteiger partial charge is 0.0826 e. The molecule has 0 saturated carbocycles. The van der Waals surface area contributed by atoms with Crippen LogP contribution in [-0.4, -0.2) is 3.79 Å². The summed E-state index contributed by atoms with van der Waals surface area (Å²) in [7, 11) is 0. The van der Waals surface area contributed by atoms with Crippen molar-refractivity contribution in [3.63, 3.8) is 0 Å². The van der Waals surface area contributed by atoms with Crippen LogP contribution in [0.15, 0.2) is 57.5 Å². The fourth-order valence-corrected chi connectivity index (χ4v) is 3.54. The summed E-state index contributed by atoms with van der Waals surface area (Å²) >= 11 is 25.6. The zero-order valence-corrected chi connectivity index (χ0v) is 15.0. The minimum Gasteiger partial charge on any atom is -0.0826 e. The molecule has 0 aliphatic heterocycles. The van der Waals surface area contributed by atoms with E-state index in [-0.39, 0.29) is 5.92 Å². The number of alkyl halides is 3. The van der Waals surface area contributed by atoms with Gasteiger partial charge in [-0.15, -0.1) is 0 Å². The van der Waals surface area contributed by atoms with Crippen LogP contribution in [0.2, 0.25) is 0 Å². The Morgan fingerprint density at radius 2 is 1.47 bits per heavy atom. The van der Waals surface area contributed by atoms with Gasteiger partial charge in [0.1, 0.15) is 0 Å². The first-order valence-electron chi connectivity index (χ1n) is 5.47. The van der Waals surface area contributed by atoms with Crippen LogP contribution >= 0.6 is 66.7 Å². The van der Waals surface area contributed by atoms with Gasteiger partial charge < -0.3 is 0 Å². The van der Waals surface area contributed by atoms with Crippen molar-refractivity contribution in [1.29, 1.82) is 0 Å². The third kappa shape index (κ3) is 3.68. The Morgan fingerprint density at radius 1 is 0.842 bits per heavy atom. The van der Waals surface area contributed by atoms with Crippen molar-refractivity contribution in [2.24, 2.45) is 0 Å². The maximum atomic E-state index is 6.19. The molecular weight excluding hydrogens is 434 g/mol. The van der Waals surface area contributed by atoms with Gasteiger partial charge in [-0.05, 0) is 49.1 Å². The third-order valence-electron chi connectivity index (χ3n) is 2.75. The molecule has 1 unspecified atom stereocenters. The van der Waals surface area contributed by atoms with Crippen molar-refractivity contribution < 1.29 is 0 Å². The van der Waals surface area contributed by atoms with Crippen LogP contribution in [0.5, 0.6) is 0 Å². The van der Waals surface area contributed by atoms with Crippen LogP contribution in [0.25, 0.3) is 0 Å². The van der Waals surface area contributed by atoms with E-state index in [4.69, 9.17) is 34.8 Å². The van der Waals surface area contributed by atoms with Gasteiger partial charge in [0.15, 0.2) is 0 Å². The number of hydrogen-bond donors (Lipinski definition) is 0. The molecule has 0 nitrogen and oxygen atoms in total. The average molecular weight is 443 g/mol. The van der Waals surface area contributed by atoms with E-state index in [1.807, 2.05) is 48.5 Å². The molecule has 2 aromatic rings. The van der Waals surface area contributed by atoms with E-state index >= 15 is 0 Å². The quantitative estimate of drug-likeness (QED) is 0.453. The lowest BCUT2D eigenvalue weighted by Gasteiger charge is -2.26. The zero-order valence-electron chi connectivity index (χ0n) is 9.59. The Hall–Kier alpha value is 0.270. The van der Waals surface area contributed by atoms with Crippen LogP contribution in [0.4, 0.5) is 0 Å². The van der Waals surface area contributed by atoms with Crippen molar-refractivity contribution in [3.8, 4) is 0 Å². The second kappa shape index (κ2) is 6.36. The van der Waals surface area contributed by atoms with E-state index in [9.17, 15) is 0 Å². The minimum absolute atomic E-state index is 0.342. The highest BCUT2D eigenvalue weighted by molar-refractivity contribution is 9.13. The molecule has 0 aliphatic carbocycles. The van der Waals surface area contributed by atoms with Gasteiger partial charge in [-0.2, -0.15) is 0 Å². The van der Waals surface area contributed by atoms with Crippen LogP contribution in [0.1, 0.15) is 17.0 Å². The molecule has 2 aromatic carbocycles. The molecule has 0 bridgehead atoms. The molecule has 100 valence electrons. The van der Waals surface area contributed by atoms with Crippen molar-refractivity contribution in [1.82, 2.24) is 0 Å².